The summed E-state index contributed by atoms with van der Waals surface area (Å²) >= 11 is 0. The van der Waals surface area contributed by atoms with E-state index in [1.165, 1.54) is 12.8 Å². The number of urea groups is 1. The smallest absolute Gasteiger partial charge is 0.319 e. The van der Waals surface area contributed by atoms with Crippen LogP contribution in [0.5, 0.6) is 0 Å². The highest BCUT2D eigenvalue weighted by Gasteiger charge is 2.35. The Kier molecular flexibility index (Phi) is 4.87. The number of nitrogens with one attached hydrogen (secondary N) is 4. The lowest BCUT2D eigenvalue weighted by Gasteiger charge is -2.44. The van der Waals surface area contributed by atoms with Gasteiger partial charge in [0.1, 0.15) is 0 Å². The van der Waals surface area contributed by atoms with Gasteiger partial charge in [0.2, 0.25) is 0 Å². The zero-order chi connectivity index (χ0) is 19.8. The number of hydrogen-bond acceptors (Lipinski definition) is 4. The predicted molar refractivity (Wildman–Crippen MR) is 111 cm³/mol. The second kappa shape index (κ2) is 7.67. The van der Waals surface area contributed by atoms with Crippen molar-refractivity contribution in [2.75, 3.05) is 25.0 Å². The first-order chi connectivity index (χ1) is 14.2. The maximum absolute atomic E-state index is 12.9. The molecule has 3 saturated heterocycles. The second-order valence-electron chi connectivity index (χ2n) is 8.63. The normalized spacial score (nSPS) is 26.6. The van der Waals surface area contributed by atoms with Gasteiger partial charge in [-0.15, -0.1) is 0 Å². The minimum Gasteiger partial charge on any atom is -0.346 e. The number of rotatable bonds is 4. The van der Waals surface area contributed by atoms with Gasteiger partial charge in [0.25, 0.3) is 5.91 Å². The Hall–Kier alpha value is -2.61. The van der Waals surface area contributed by atoms with Gasteiger partial charge in [0, 0.05) is 29.7 Å². The molecule has 2 bridgehead atoms. The molecule has 0 radical (unpaired) electrons. The number of nitrogens with zero attached hydrogens (tertiary/aromatic N) is 2. The molecule has 1 aliphatic carbocycles. The third-order valence-electron chi connectivity index (χ3n) is 6.70. The van der Waals surface area contributed by atoms with Crippen LogP contribution in [-0.2, 0) is 0 Å². The van der Waals surface area contributed by atoms with Crippen molar-refractivity contribution < 1.29 is 9.59 Å². The molecule has 154 valence electrons. The number of hydrogen-bond donors (Lipinski definition) is 4. The number of anilines is 1. The Morgan fingerprint density at radius 3 is 2.59 bits per heavy atom. The number of fused-ring (bicyclic) bond motifs is 4. The van der Waals surface area contributed by atoms with Crippen molar-refractivity contribution in [1.82, 2.24) is 25.7 Å². The fourth-order valence-electron chi connectivity index (χ4n) is 5.05. The molecule has 1 atom stereocenters. The van der Waals surface area contributed by atoms with Gasteiger partial charge in [-0.25, -0.2) is 4.79 Å². The molecule has 2 aromatic rings. The maximum Gasteiger partial charge on any atom is 0.319 e. The van der Waals surface area contributed by atoms with E-state index in [9.17, 15) is 9.59 Å². The van der Waals surface area contributed by atoms with Crippen LogP contribution in [0.3, 0.4) is 0 Å². The molecular weight excluding hydrogens is 368 g/mol. The molecule has 0 unspecified atom stereocenters. The predicted octanol–water partition coefficient (Wildman–Crippen LogP) is 2.45. The third-order valence-corrected chi connectivity index (χ3v) is 6.70. The maximum atomic E-state index is 12.9. The first kappa shape index (κ1) is 18.4. The molecular formula is C21H28N6O2. The van der Waals surface area contributed by atoms with Crippen LogP contribution in [0.25, 0.3) is 10.9 Å². The number of piperidine rings is 3. The average Bonchev–Trinajstić information content (AvgIpc) is 3.38. The molecule has 1 aromatic heterocycles. The molecule has 0 spiro atoms. The minimum absolute atomic E-state index is 0.150. The van der Waals surface area contributed by atoms with E-state index in [2.05, 4.69) is 31.0 Å². The van der Waals surface area contributed by atoms with Crippen molar-refractivity contribution in [2.45, 2.75) is 50.6 Å². The van der Waals surface area contributed by atoms with Crippen molar-refractivity contribution in [2.24, 2.45) is 5.92 Å². The Labute approximate surface area is 169 Å². The molecule has 1 saturated carbocycles. The van der Waals surface area contributed by atoms with Gasteiger partial charge in [0.05, 0.1) is 5.52 Å². The van der Waals surface area contributed by atoms with E-state index >= 15 is 0 Å². The highest BCUT2D eigenvalue weighted by molar-refractivity contribution is 6.06. The van der Waals surface area contributed by atoms with Crippen molar-refractivity contribution in [1.29, 1.82) is 0 Å². The van der Waals surface area contributed by atoms with E-state index in [0.717, 1.165) is 56.2 Å². The molecule has 8 heteroatoms. The Bertz CT molecular complexity index is 911. The number of aromatic nitrogens is 2. The van der Waals surface area contributed by atoms with Crippen LogP contribution in [0.2, 0.25) is 0 Å². The van der Waals surface area contributed by atoms with Gasteiger partial charge in [-0.1, -0.05) is 12.8 Å². The third kappa shape index (κ3) is 3.81. The molecule has 1 aromatic carbocycles. The quantitative estimate of drug-likeness (QED) is 0.637. The van der Waals surface area contributed by atoms with Gasteiger partial charge in [-0.3, -0.25) is 9.89 Å². The van der Waals surface area contributed by atoms with Crippen molar-refractivity contribution in [3.8, 4) is 0 Å². The number of amides is 3. The fraction of sp³-hybridized carbons (Fsp3) is 0.571. The summed E-state index contributed by atoms with van der Waals surface area (Å²) in [5.41, 5.74) is 1.83. The van der Waals surface area contributed by atoms with Crippen LogP contribution in [0.1, 0.15) is 49.0 Å². The van der Waals surface area contributed by atoms with E-state index in [-0.39, 0.29) is 24.0 Å². The highest BCUT2D eigenvalue weighted by atomic mass is 16.2. The van der Waals surface area contributed by atoms with Crippen LogP contribution in [0.15, 0.2) is 18.2 Å². The van der Waals surface area contributed by atoms with E-state index in [4.69, 9.17) is 0 Å². The van der Waals surface area contributed by atoms with Gasteiger partial charge < -0.3 is 20.9 Å². The minimum atomic E-state index is -0.196. The van der Waals surface area contributed by atoms with E-state index in [0.29, 0.717) is 17.3 Å². The SMILES string of the molecule is O=C(Nc1ccc2[nH]nc(C(=O)N[C@H]3CN4CCC3CC4)c2c1)NC1CCCC1. The monoisotopic (exact) mass is 396 g/mol. The average molecular weight is 396 g/mol. The van der Waals surface area contributed by atoms with Crippen molar-refractivity contribution in [3.63, 3.8) is 0 Å². The highest BCUT2D eigenvalue weighted by Crippen LogP contribution is 2.28. The lowest BCUT2D eigenvalue weighted by molar-refractivity contribution is 0.0618. The molecule has 29 heavy (non-hydrogen) atoms. The van der Waals surface area contributed by atoms with Crippen LogP contribution in [0, 0.1) is 5.92 Å². The Balaban J connectivity index is 1.28. The number of H-pyrrole nitrogens is 1. The molecule has 3 aliphatic heterocycles. The number of benzene rings is 1. The van der Waals surface area contributed by atoms with E-state index < -0.39 is 0 Å². The lowest BCUT2D eigenvalue weighted by atomic mass is 9.84. The molecule has 4 fully saturated rings. The Morgan fingerprint density at radius 2 is 1.86 bits per heavy atom. The van der Waals surface area contributed by atoms with Crippen LogP contribution in [0.4, 0.5) is 10.5 Å². The molecule has 6 rings (SSSR count). The molecule has 4 N–H and O–H groups in total. The van der Waals surface area contributed by atoms with E-state index in [1.54, 1.807) is 0 Å². The van der Waals surface area contributed by atoms with Gasteiger partial charge in [-0.2, -0.15) is 5.10 Å². The number of carbonyl (C=O) groups is 2. The van der Waals surface area contributed by atoms with Crippen LogP contribution < -0.4 is 16.0 Å². The first-order valence-electron chi connectivity index (χ1n) is 10.7. The van der Waals surface area contributed by atoms with E-state index in [1.807, 2.05) is 18.2 Å². The summed E-state index contributed by atoms with van der Waals surface area (Å²) in [5, 5.41) is 17.0. The summed E-state index contributed by atoms with van der Waals surface area (Å²) in [6.07, 6.45) is 6.72. The summed E-state index contributed by atoms with van der Waals surface area (Å²) in [6, 6.07) is 5.74. The van der Waals surface area contributed by atoms with Gasteiger partial charge in [0.15, 0.2) is 5.69 Å². The first-order valence-corrected chi connectivity index (χ1v) is 10.7. The van der Waals surface area contributed by atoms with Gasteiger partial charge in [-0.05, 0) is 62.9 Å². The van der Waals surface area contributed by atoms with Gasteiger partial charge >= 0.3 is 6.03 Å². The lowest BCUT2D eigenvalue weighted by Crippen LogP contribution is -2.57. The Morgan fingerprint density at radius 1 is 1.07 bits per heavy atom. The summed E-state index contributed by atoms with van der Waals surface area (Å²) in [5.74, 6) is 0.410. The zero-order valence-corrected chi connectivity index (χ0v) is 16.5. The number of carbonyl (C=O) groups excluding carboxylic acids is 2. The second-order valence-corrected chi connectivity index (χ2v) is 8.63. The van der Waals surface area contributed by atoms with Crippen LogP contribution >= 0.6 is 0 Å². The fourth-order valence-corrected chi connectivity index (χ4v) is 5.05. The molecule has 8 nitrogen and oxygen atoms in total. The summed E-state index contributed by atoms with van der Waals surface area (Å²) in [4.78, 5) is 27.6. The summed E-state index contributed by atoms with van der Waals surface area (Å²) in [6.45, 7) is 3.20. The van der Waals surface area contributed by atoms with Crippen molar-refractivity contribution >= 4 is 28.5 Å². The standard InChI is InChI=1S/C21H28N6O2/c28-20(24-18-12-27-9-7-13(18)8-10-27)19-16-11-15(5-6-17(16)25-26-19)23-21(29)22-14-3-1-2-4-14/h5-6,11,13-14,18H,1-4,7-10,12H2,(H,24,28)(H,25,26)(H2,22,23,29)/t18-/m0/s1. The molecule has 3 amide bonds. The summed E-state index contributed by atoms with van der Waals surface area (Å²) < 4.78 is 0. The number of aromatic amines is 1. The molecule has 4 heterocycles. The topological polar surface area (TPSA) is 102 Å². The largest absolute Gasteiger partial charge is 0.346 e. The van der Waals surface area contributed by atoms with Crippen molar-refractivity contribution in [3.05, 3.63) is 23.9 Å². The molecule has 4 aliphatic rings. The zero-order valence-electron chi connectivity index (χ0n) is 16.5. The van der Waals surface area contributed by atoms with Crippen LogP contribution in [-0.4, -0.2) is 58.8 Å². The summed E-state index contributed by atoms with van der Waals surface area (Å²) in [7, 11) is 0.